The topological polar surface area (TPSA) is 0 Å². The van der Waals surface area contributed by atoms with Gasteiger partial charge in [0.1, 0.15) is 0 Å². The zero-order chi connectivity index (χ0) is 2.71. The van der Waals surface area contributed by atoms with E-state index >= 15 is 0 Å². The first kappa shape index (κ1) is 23.3. The van der Waals surface area contributed by atoms with Crippen molar-refractivity contribution in [3.05, 3.63) is 0 Å². The van der Waals surface area contributed by atoms with Gasteiger partial charge in [-0.05, 0) is 0 Å². The fraction of sp³-hybridized carbons (Fsp3) is 1.00. The zero-order valence-corrected chi connectivity index (χ0v) is 11.4. The van der Waals surface area contributed by atoms with Gasteiger partial charge in [-0.1, -0.05) is 20.3 Å². The van der Waals surface area contributed by atoms with Crippen LogP contribution in [0.5, 0.6) is 0 Å². The van der Waals surface area contributed by atoms with Gasteiger partial charge >= 0.3 is 59.1 Å². The quantitative estimate of drug-likeness (QED) is 0.291. The number of rotatable bonds is 0. The monoisotopic (exact) mass is 220 g/mol. The van der Waals surface area contributed by atoms with E-state index in [-0.39, 0.29) is 85.9 Å². The average molecular weight is 220 g/mol. The van der Waals surface area contributed by atoms with Crippen LogP contribution in [0.3, 0.4) is 0 Å². The molecular formula is C3H11INa2. The van der Waals surface area contributed by atoms with Crippen LogP contribution < -0.4 is 59.1 Å². The maximum atomic E-state index is 2.12. The van der Waals surface area contributed by atoms with Gasteiger partial charge in [-0.2, -0.15) is 0 Å². The summed E-state index contributed by atoms with van der Waals surface area (Å²) in [6.45, 7) is 4.25. The molecule has 0 aromatic rings. The maximum absolute atomic E-state index is 2.12. The van der Waals surface area contributed by atoms with Crippen molar-refractivity contribution in [2.45, 2.75) is 20.3 Å². The van der Waals surface area contributed by atoms with Crippen molar-refractivity contribution < 1.29 is 62.0 Å². The molecule has 0 nitrogen and oxygen atoms in total. The Hall–Kier alpha value is 2.73. The Balaban J connectivity index is -0.00000000200. The van der Waals surface area contributed by atoms with Crippen LogP contribution in [0.4, 0.5) is 0 Å². The van der Waals surface area contributed by atoms with E-state index < -0.39 is 0 Å². The molecule has 0 aliphatic carbocycles. The number of hydrogen-bond donors (Lipinski definition) is 0. The van der Waals surface area contributed by atoms with Crippen LogP contribution in [0.15, 0.2) is 0 Å². The van der Waals surface area contributed by atoms with Gasteiger partial charge in [0.25, 0.3) is 0 Å². The summed E-state index contributed by atoms with van der Waals surface area (Å²) in [7, 11) is 0. The van der Waals surface area contributed by atoms with Crippen molar-refractivity contribution in [2.75, 3.05) is 0 Å². The molecule has 0 saturated heterocycles. The van der Waals surface area contributed by atoms with Gasteiger partial charge in [0.2, 0.25) is 0 Å². The zero-order valence-electron chi connectivity index (χ0n) is 7.12. The minimum Gasteiger partial charge on any atom is -1.00 e. The molecule has 0 amide bonds. The molecule has 32 valence electrons. The van der Waals surface area contributed by atoms with Crippen molar-refractivity contribution in [2.24, 2.45) is 0 Å². The third-order valence-electron chi connectivity index (χ3n) is 0. The van der Waals surface area contributed by atoms with E-state index in [0.717, 1.165) is 0 Å². The van der Waals surface area contributed by atoms with Gasteiger partial charge in [-0.3, -0.25) is 0 Å². The molecule has 0 heterocycles. The molecule has 0 aliphatic rings. The van der Waals surface area contributed by atoms with Crippen LogP contribution in [-0.4, -0.2) is 0 Å². The van der Waals surface area contributed by atoms with Gasteiger partial charge in [-0.15, -0.1) is 24.0 Å². The SMILES string of the molecule is CCC.I.[H-].[H-].[Na+].[Na+]. The summed E-state index contributed by atoms with van der Waals surface area (Å²) >= 11 is 0. The van der Waals surface area contributed by atoms with Crippen LogP contribution in [0, 0.1) is 0 Å². The average Bonchev–Trinajstić information content (AvgIpc) is 0.918. The van der Waals surface area contributed by atoms with E-state index in [2.05, 4.69) is 13.8 Å². The van der Waals surface area contributed by atoms with Gasteiger partial charge in [0, 0.05) is 0 Å². The molecule has 0 N–H and O–H groups in total. The molecule has 0 atom stereocenters. The Kier molecular flexibility index (Phi) is 97.8. The summed E-state index contributed by atoms with van der Waals surface area (Å²) in [5, 5.41) is 0. The second-order valence-corrected chi connectivity index (χ2v) is 0.707. The predicted octanol–water partition coefficient (Wildman–Crippen LogP) is -3.73. The molecule has 0 saturated carbocycles. The minimum absolute atomic E-state index is 0. The first-order valence-corrected chi connectivity index (χ1v) is 1.41. The second-order valence-electron chi connectivity index (χ2n) is 0.707. The van der Waals surface area contributed by atoms with E-state index in [1.165, 1.54) is 6.42 Å². The molecule has 0 bridgehead atoms. The summed E-state index contributed by atoms with van der Waals surface area (Å²) in [4.78, 5) is 0. The third-order valence-corrected chi connectivity index (χ3v) is 0. The molecule has 0 rings (SSSR count). The third kappa shape index (κ3) is 29.6. The fourth-order valence-electron chi connectivity index (χ4n) is 0. The Labute approximate surface area is 104 Å². The van der Waals surface area contributed by atoms with Crippen LogP contribution in [-0.2, 0) is 0 Å². The van der Waals surface area contributed by atoms with E-state index in [9.17, 15) is 0 Å². The number of hydrogen-bond acceptors (Lipinski definition) is 0. The fourth-order valence-corrected chi connectivity index (χ4v) is 0. The molecule has 0 spiro atoms. The molecule has 0 fully saturated rings. The summed E-state index contributed by atoms with van der Waals surface area (Å²) in [6.07, 6.45) is 1.25. The summed E-state index contributed by atoms with van der Waals surface area (Å²) in [6, 6.07) is 0. The Bertz CT molecular complexity index is 15.2. The maximum Gasteiger partial charge on any atom is 1.00 e. The van der Waals surface area contributed by atoms with Crippen molar-refractivity contribution in [1.82, 2.24) is 0 Å². The van der Waals surface area contributed by atoms with Crippen LogP contribution >= 0.6 is 24.0 Å². The second kappa shape index (κ2) is 25.2. The van der Waals surface area contributed by atoms with Crippen molar-refractivity contribution >= 4 is 24.0 Å². The summed E-state index contributed by atoms with van der Waals surface area (Å²) in [5.41, 5.74) is 0. The summed E-state index contributed by atoms with van der Waals surface area (Å²) in [5.74, 6) is 0. The van der Waals surface area contributed by atoms with Gasteiger partial charge in [0.05, 0.1) is 0 Å². The van der Waals surface area contributed by atoms with E-state index in [1.807, 2.05) is 0 Å². The van der Waals surface area contributed by atoms with E-state index in [4.69, 9.17) is 0 Å². The van der Waals surface area contributed by atoms with Crippen LogP contribution in [0.1, 0.15) is 23.1 Å². The van der Waals surface area contributed by atoms with Crippen LogP contribution in [0.25, 0.3) is 0 Å². The Morgan fingerprint density at radius 2 is 1.17 bits per heavy atom. The molecule has 3 heteroatoms. The van der Waals surface area contributed by atoms with Crippen LogP contribution in [0.2, 0.25) is 0 Å². The van der Waals surface area contributed by atoms with Crippen molar-refractivity contribution in [3.8, 4) is 0 Å². The molecule has 0 radical (unpaired) electrons. The van der Waals surface area contributed by atoms with Gasteiger partial charge < -0.3 is 2.85 Å². The first-order valence-electron chi connectivity index (χ1n) is 1.41. The standard InChI is InChI=1S/C3H8.HI.2Na.2H/c1-3-2;;;;;/h3H2,1-2H3;1H;;;;/q;;2*+1;2*-1. The van der Waals surface area contributed by atoms with E-state index in [0.29, 0.717) is 0 Å². The van der Waals surface area contributed by atoms with Gasteiger partial charge in [-0.25, -0.2) is 0 Å². The predicted molar refractivity (Wildman–Crippen MR) is 33.6 cm³/mol. The summed E-state index contributed by atoms with van der Waals surface area (Å²) < 4.78 is 0. The van der Waals surface area contributed by atoms with Crippen molar-refractivity contribution in [1.29, 1.82) is 0 Å². The normalized spacial score (nSPS) is 3.00. The molecule has 0 aromatic heterocycles. The smallest absolute Gasteiger partial charge is 1.00 e. The largest absolute Gasteiger partial charge is 1.00 e. The number of halogens is 1. The van der Waals surface area contributed by atoms with E-state index in [1.54, 1.807) is 0 Å². The Morgan fingerprint density at radius 3 is 1.17 bits per heavy atom. The molecular weight excluding hydrogens is 209 g/mol. The molecule has 0 aliphatic heterocycles. The molecule has 6 heavy (non-hydrogen) atoms. The molecule has 0 aromatic carbocycles. The minimum atomic E-state index is 0. The Morgan fingerprint density at radius 1 is 1.17 bits per heavy atom. The molecule has 0 unspecified atom stereocenters. The first-order chi connectivity index (χ1) is 1.41. The van der Waals surface area contributed by atoms with Gasteiger partial charge in [0.15, 0.2) is 0 Å². The van der Waals surface area contributed by atoms with Crippen molar-refractivity contribution in [3.63, 3.8) is 0 Å².